The van der Waals surface area contributed by atoms with Gasteiger partial charge in [0.15, 0.2) is 11.5 Å². The number of morpholine rings is 1. The molecule has 1 N–H and O–H groups in total. The van der Waals surface area contributed by atoms with Crippen LogP contribution in [0.5, 0.6) is 11.5 Å². The lowest BCUT2D eigenvalue weighted by Gasteiger charge is -2.26. The molecule has 1 aromatic rings. The fourth-order valence-electron chi connectivity index (χ4n) is 2.68. The van der Waals surface area contributed by atoms with Gasteiger partial charge < -0.3 is 44.3 Å². The summed E-state index contributed by atoms with van der Waals surface area (Å²) in [7, 11) is 0. The maximum atomic E-state index is 5.60. The van der Waals surface area contributed by atoms with E-state index in [1.54, 1.807) is 0 Å². The SMILES string of the molecule is [Cl-].[Cl-].c1cc2c(cc1CNCCCN1CCOCC1)OCCO2. The molecular formula is C16H24Cl2N2O3-2. The zero-order chi connectivity index (χ0) is 14.3. The standard InChI is InChI=1S/C16H24N2O3.2ClH/c1(5-18-6-8-19-9-7-18)4-17-13-14-2-3-15-16(12-14)21-11-10-20-15;;/h2-3,12,17H,1,4-11,13H2;2*1H/p-2. The van der Waals surface area contributed by atoms with Crippen molar-refractivity contribution in [3.63, 3.8) is 0 Å². The van der Waals surface area contributed by atoms with Crippen molar-refractivity contribution in [3.05, 3.63) is 23.8 Å². The van der Waals surface area contributed by atoms with E-state index in [2.05, 4.69) is 22.3 Å². The van der Waals surface area contributed by atoms with E-state index in [-0.39, 0.29) is 24.8 Å². The first-order chi connectivity index (χ1) is 10.4. The lowest BCUT2D eigenvalue weighted by atomic mass is 10.2. The van der Waals surface area contributed by atoms with Crippen LogP contribution in [-0.4, -0.2) is 57.5 Å². The number of ether oxygens (including phenoxy) is 3. The molecule has 0 spiro atoms. The Bertz CT molecular complexity index is 457. The van der Waals surface area contributed by atoms with Crippen LogP contribution in [0.25, 0.3) is 0 Å². The van der Waals surface area contributed by atoms with Gasteiger partial charge in [0.2, 0.25) is 0 Å². The molecular weight excluding hydrogens is 339 g/mol. The van der Waals surface area contributed by atoms with Crippen LogP contribution >= 0.6 is 0 Å². The minimum atomic E-state index is 0. The number of rotatable bonds is 6. The van der Waals surface area contributed by atoms with Gasteiger partial charge in [-0.25, -0.2) is 0 Å². The van der Waals surface area contributed by atoms with Crippen molar-refractivity contribution in [1.82, 2.24) is 10.2 Å². The molecule has 0 bridgehead atoms. The molecule has 0 atom stereocenters. The molecule has 5 nitrogen and oxygen atoms in total. The summed E-state index contributed by atoms with van der Waals surface area (Å²) in [4.78, 5) is 2.47. The predicted octanol–water partition coefficient (Wildman–Crippen LogP) is -4.72. The zero-order valence-electron chi connectivity index (χ0n) is 13.2. The Balaban J connectivity index is 0.00000132. The van der Waals surface area contributed by atoms with Gasteiger partial charge in [-0.05, 0) is 37.2 Å². The third-order valence-corrected chi connectivity index (χ3v) is 3.87. The number of hydrogen-bond acceptors (Lipinski definition) is 5. The fourth-order valence-corrected chi connectivity index (χ4v) is 2.68. The molecule has 0 saturated carbocycles. The Hall–Kier alpha value is -0.720. The highest BCUT2D eigenvalue weighted by atomic mass is 35.5. The monoisotopic (exact) mass is 362 g/mol. The van der Waals surface area contributed by atoms with Crippen molar-refractivity contribution in [3.8, 4) is 11.5 Å². The summed E-state index contributed by atoms with van der Waals surface area (Å²) in [6, 6.07) is 6.17. The molecule has 1 fully saturated rings. The molecule has 1 aromatic carbocycles. The zero-order valence-corrected chi connectivity index (χ0v) is 14.7. The smallest absolute Gasteiger partial charge is 0.161 e. The molecule has 7 heteroatoms. The summed E-state index contributed by atoms with van der Waals surface area (Å²) in [5.74, 6) is 1.73. The number of hydrogen-bond donors (Lipinski definition) is 1. The predicted molar refractivity (Wildman–Crippen MR) is 81.0 cm³/mol. The average molecular weight is 363 g/mol. The van der Waals surface area contributed by atoms with Crippen LogP contribution < -0.4 is 39.6 Å². The molecule has 2 heterocycles. The van der Waals surface area contributed by atoms with E-state index in [0.29, 0.717) is 13.2 Å². The molecule has 0 amide bonds. The summed E-state index contributed by atoms with van der Waals surface area (Å²) in [6.45, 7) is 8.25. The Morgan fingerprint density at radius 2 is 1.70 bits per heavy atom. The molecule has 0 aromatic heterocycles. The molecule has 23 heavy (non-hydrogen) atoms. The van der Waals surface area contributed by atoms with Gasteiger partial charge in [-0.2, -0.15) is 0 Å². The van der Waals surface area contributed by atoms with E-state index in [0.717, 1.165) is 57.4 Å². The van der Waals surface area contributed by atoms with Crippen molar-refractivity contribution in [2.24, 2.45) is 0 Å². The molecule has 2 aliphatic heterocycles. The number of nitrogens with zero attached hydrogens (tertiary/aromatic N) is 1. The van der Waals surface area contributed by atoms with E-state index in [4.69, 9.17) is 14.2 Å². The van der Waals surface area contributed by atoms with Crippen LogP contribution in [0.3, 0.4) is 0 Å². The highest BCUT2D eigenvalue weighted by Crippen LogP contribution is 2.30. The van der Waals surface area contributed by atoms with E-state index < -0.39 is 0 Å². The quantitative estimate of drug-likeness (QED) is 0.515. The molecule has 0 unspecified atom stereocenters. The second-order valence-electron chi connectivity index (χ2n) is 5.46. The fraction of sp³-hybridized carbons (Fsp3) is 0.625. The average Bonchev–Trinajstić information content (AvgIpc) is 2.55. The van der Waals surface area contributed by atoms with Crippen LogP contribution in [0.1, 0.15) is 12.0 Å². The van der Waals surface area contributed by atoms with Crippen molar-refractivity contribution >= 4 is 0 Å². The Morgan fingerprint density at radius 1 is 0.957 bits per heavy atom. The molecule has 3 rings (SSSR count). The van der Waals surface area contributed by atoms with Crippen LogP contribution in [0.15, 0.2) is 18.2 Å². The highest BCUT2D eigenvalue weighted by Gasteiger charge is 2.11. The first kappa shape index (κ1) is 20.3. The number of nitrogens with one attached hydrogen (secondary N) is 1. The van der Waals surface area contributed by atoms with Gasteiger partial charge in [-0.15, -0.1) is 0 Å². The van der Waals surface area contributed by atoms with E-state index in [1.165, 1.54) is 12.0 Å². The minimum Gasteiger partial charge on any atom is -1.00 e. The number of halogens is 2. The van der Waals surface area contributed by atoms with Gasteiger partial charge >= 0.3 is 0 Å². The molecule has 1 saturated heterocycles. The Morgan fingerprint density at radius 3 is 2.48 bits per heavy atom. The number of benzene rings is 1. The topological polar surface area (TPSA) is 43.0 Å². The lowest BCUT2D eigenvalue weighted by molar-refractivity contribution is -0.001000. The Kier molecular flexibility index (Phi) is 9.67. The maximum Gasteiger partial charge on any atom is 0.161 e. The molecule has 2 aliphatic rings. The van der Waals surface area contributed by atoms with Gasteiger partial charge in [0.25, 0.3) is 0 Å². The van der Waals surface area contributed by atoms with Gasteiger partial charge in [-0.3, -0.25) is 4.90 Å². The first-order valence-electron chi connectivity index (χ1n) is 7.81. The van der Waals surface area contributed by atoms with Crippen LogP contribution in [0.4, 0.5) is 0 Å². The second-order valence-corrected chi connectivity index (χ2v) is 5.46. The third-order valence-electron chi connectivity index (χ3n) is 3.87. The summed E-state index contributed by atoms with van der Waals surface area (Å²) < 4.78 is 16.5. The summed E-state index contributed by atoms with van der Waals surface area (Å²) in [5.41, 5.74) is 1.24. The van der Waals surface area contributed by atoms with E-state index >= 15 is 0 Å². The second kappa shape index (κ2) is 10.9. The third kappa shape index (κ3) is 6.36. The van der Waals surface area contributed by atoms with Gasteiger partial charge in [0.05, 0.1) is 13.2 Å². The lowest BCUT2D eigenvalue weighted by Crippen LogP contribution is -3.00. The normalized spacial score (nSPS) is 17.0. The largest absolute Gasteiger partial charge is 1.00 e. The van der Waals surface area contributed by atoms with Gasteiger partial charge in [-0.1, -0.05) is 6.07 Å². The van der Waals surface area contributed by atoms with Crippen LogP contribution in [0, 0.1) is 0 Å². The Labute approximate surface area is 150 Å². The number of fused-ring (bicyclic) bond motifs is 1. The molecule has 0 radical (unpaired) electrons. The van der Waals surface area contributed by atoms with Gasteiger partial charge in [0.1, 0.15) is 13.2 Å². The van der Waals surface area contributed by atoms with Crippen molar-refractivity contribution in [2.75, 3.05) is 52.6 Å². The molecule has 0 aliphatic carbocycles. The summed E-state index contributed by atoms with van der Waals surface area (Å²) in [6.07, 6.45) is 1.17. The minimum absolute atomic E-state index is 0. The van der Waals surface area contributed by atoms with Crippen molar-refractivity contribution in [1.29, 1.82) is 0 Å². The van der Waals surface area contributed by atoms with Crippen LogP contribution in [-0.2, 0) is 11.3 Å². The van der Waals surface area contributed by atoms with Gasteiger partial charge in [0, 0.05) is 19.6 Å². The van der Waals surface area contributed by atoms with Crippen molar-refractivity contribution < 1.29 is 39.0 Å². The first-order valence-corrected chi connectivity index (χ1v) is 7.81. The highest BCUT2D eigenvalue weighted by molar-refractivity contribution is 5.43. The maximum absolute atomic E-state index is 5.60. The van der Waals surface area contributed by atoms with Crippen LogP contribution in [0.2, 0.25) is 0 Å². The molecule has 132 valence electrons. The van der Waals surface area contributed by atoms with E-state index in [9.17, 15) is 0 Å². The summed E-state index contributed by atoms with van der Waals surface area (Å²) in [5, 5.41) is 3.49. The van der Waals surface area contributed by atoms with Crippen molar-refractivity contribution in [2.45, 2.75) is 13.0 Å². The van der Waals surface area contributed by atoms with E-state index in [1.807, 2.05) is 6.07 Å². The summed E-state index contributed by atoms with van der Waals surface area (Å²) >= 11 is 0.